The van der Waals surface area contributed by atoms with Gasteiger partial charge in [0.25, 0.3) is 0 Å². The van der Waals surface area contributed by atoms with E-state index < -0.39 is 0 Å². The minimum absolute atomic E-state index is 0.0693. The lowest BCUT2D eigenvalue weighted by molar-refractivity contribution is 0.0982. The predicted octanol–water partition coefficient (Wildman–Crippen LogP) is 3.04. The zero-order valence-corrected chi connectivity index (χ0v) is 10.0. The number of allylic oxidation sites excluding steroid dienone is 2. The van der Waals surface area contributed by atoms with E-state index in [1.807, 2.05) is 13.0 Å². The fourth-order valence-corrected chi connectivity index (χ4v) is 2.03. The maximum absolute atomic E-state index is 11.9. The third-order valence-electron chi connectivity index (χ3n) is 2.53. The first-order valence-corrected chi connectivity index (χ1v) is 5.38. The highest BCUT2D eigenvalue weighted by atomic mass is 79.9. The molecule has 1 aliphatic carbocycles. The van der Waals surface area contributed by atoms with Crippen LogP contribution in [0.25, 0.3) is 0 Å². The summed E-state index contributed by atoms with van der Waals surface area (Å²) in [5.41, 5.74) is 2.47. The van der Waals surface area contributed by atoms with Crippen molar-refractivity contribution in [2.75, 3.05) is 0 Å². The Labute approximate surface area is 96.1 Å². The van der Waals surface area contributed by atoms with Crippen LogP contribution in [0.3, 0.4) is 0 Å². The van der Waals surface area contributed by atoms with Crippen LogP contribution in [0.2, 0.25) is 0 Å². The molecule has 0 bridgehead atoms. The van der Waals surface area contributed by atoms with Crippen molar-refractivity contribution >= 4 is 27.5 Å². The molecule has 1 aromatic rings. The van der Waals surface area contributed by atoms with Gasteiger partial charge in [-0.15, -0.1) is 0 Å². The highest BCUT2D eigenvalue weighted by Crippen LogP contribution is 2.29. The maximum atomic E-state index is 11.9. The molecule has 0 saturated heterocycles. The van der Waals surface area contributed by atoms with E-state index in [-0.39, 0.29) is 11.6 Å². The summed E-state index contributed by atoms with van der Waals surface area (Å²) < 4.78 is 0.379. The first-order valence-electron chi connectivity index (χ1n) is 4.59. The number of halogens is 1. The van der Waals surface area contributed by atoms with Crippen LogP contribution in [0, 0.1) is 6.92 Å². The Morgan fingerprint density at radius 2 is 1.67 bits per heavy atom. The van der Waals surface area contributed by atoms with Crippen molar-refractivity contribution in [3.8, 4) is 0 Å². The first-order chi connectivity index (χ1) is 7.02. The van der Waals surface area contributed by atoms with E-state index in [0.29, 0.717) is 21.2 Å². The largest absolute Gasteiger partial charge is 0.289 e. The van der Waals surface area contributed by atoms with E-state index >= 15 is 0 Å². The second-order valence-electron chi connectivity index (χ2n) is 3.65. The molecule has 1 aromatic carbocycles. The third kappa shape index (κ3) is 1.47. The van der Waals surface area contributed by atoms with Crippen LogP contribution in [0.4, 0.5) is 0 Å². The predicted molar refractivity (Wildman–Crippen MR) is 61.5 cm³/mol. The van der Waals surface area contributed by atoms with Crippen LogP contribution in [-0.4, -0.2) is 11.6 Å². The zero-order valence-electron chi connectivity index (χ0n) is 8.43. The van der Waals surface area contributed by atoms with E-state index in [9.17, 15) is 9.59 Å². The van der Waals surface area contributed by atoms with E-state index in [1.165, 1.54) is 0 Å². The van der Waals surface area contributed by atoms with E-state index in [2.05, 4.69) is 15.9 Å². The molecule has 0 spiro atoms. The maximum Gasteiger partial charge on any atom is 0.201 e. The molecule has 15 heavy (non-hydrogen) atoms. The molecule has 2 nitrogen and oxygen atoms in total. The standard InChI is InChI=1S/C12H9BrO2/c1-6-3-4-8-9(5-6)11(14)7(2)10(13)12(8)15/h3-5H,1-2H3. The van der Waals surface area contributed by atoms with Gasteiger partial charge in [0, 0.05) is 16.7 Å². The Morgan fingerprint density at radius 1 is 1.00 bits per heavy atom. The van der Waals surface area contributed by atoms with Gasteiger partial charge in [-0.25, -0.2) is 0 Å². The Balaban J connectivity index is 2.73. The Morgan fingerprint density at radius 3 is 2.33 bits per heavy atom. The Hall–Kier alpha value is -1.22. The van der Waals surface area contributed by atoms with Crippen LogP contribution in [0.5, 0.6) is 0 Å². The monoisotopic (exact) mass is 264 g/mol. The Bertz CT molecular complexity index is 512. The number of Topliss-reactive ketones (excluding diaryl/α,β-unsaturated/α-hetero) is 2. The zero-order chi connectivity index (χ0) is 11.2. The fraction of sp³-hybridized carbons (Fsp3) is 0.167. The molecule has 0 aliphatic heterocycles. The first kappa shape index (κ1) is 10.3. The molecule has 0 N–H and O–H groups in total. The summed E-state index contributed by atoms with van der Waals surface area (Å²) >= 11 is 3.16. The number of hydrogen-bond acceptors (Lipinski definition) is 2. The average Bonchev–Trinajstić information content (AvgIpc) is 2.23. The molecule has 3 heteroatoms. The lowest BCUT2D eigenvalue weighted by atomic mass is 9.89. The van der Waals surface area contributed by atoms with Gasteiger partial charge in [0.1, 0.15) is 0 Å². The van der Waals surface area contributed by atoms with E-state index in [1.54, 1.807) is 19.1 Å². The SMILES string of the molecule is CC1=C(Br)C(=O)c2ccc(C)cc2C1=O. The Kier molecular flexibility index (Phi) is 2.35. The van der Waals surface area contributed by atoms with Crippen LogP contribution in [0.15, 0.2) is 28.3 Å². The van der Waals surface area contributed by atoms with Gasteiger partial charge >= 0.3 is 0 Å². The van der Waals surface area contributed by atoms with Gasteiger partial charge in [0.15, 0.2) is 5.78 Å². The van der Waals surface area contributed by atoms with Gasteiger partial charge in [-0.1, -0.05) is 17.7 Å². The molecule has 0 saturated carbocycles. The molecule has 0 aromatic heterocycles. The van der Waals surface area contributed by atoms with Crippen molar-refractivity contribution in [3.05, 3.63) is 44.9 Å². The van der Waals surface area contributed by atoms with Gasteiger partial charge in [0.05, 0.1) is 4.48 Å². The molecule has 0 heterocycles. The lowest BCUT2D eigenvalue weighted by Crippen LogP contribution is -2.18. The number of rotatable bonds is 0. The summed E-state index contributed by atoms with van der Waals surface area (Å²) in [4.78, 5) is 23.7. The summed E-state index contributed by atoms with van der Waals surface area (Å²) in [6.45, 7) is 3.57. The van der Waals surface area contributed by atoms with Gasteiger partial charge in [-0.2, -0.15) is 0 Å². The number of carbonyl (C=O) groups excluding carboxylic acids is 2. The number of ketones is 2. The summed E-state index contributed by atoms with van der Waals surface area (Å²) in [7, 11) is 0. The van der Waals surface area contributed by atoms with Crippen LogP contribution in [0.1, 0.15) is 33.2 Å². The molecule has 76 valence electrons. The lowest BCUT2D eigenvalue weighted by Gasteiger charge is -2.15. The van der Waals surface area contributed by atoms with Crippen LogP contribution < -0.4 is 0 Å². The third-order valence-corrected chi connectivity index (χ3v) is 3.49. The number of carbonyl (C=O) groups is 2. The van der Waals surface area contributed by atoms with Gasteiger partial charge < -0.3 is 0 Å². The van der Waals surface area contributed by atoms with Crippen molar-refractivity contribution in [2.24, 2.45) is 0 Å². The minimum atomic E-state index is -0.109. The average molecular weight is 265 g/mol. The van der Waals surface area contributed by atoms with Crippen molar-refractivity contribution in [3.63, 3.8) is 0 Å². The van der Waals surface area contributed by atoms with Crippen molar-refractivity contribution in [1.82, 2.24) is 0 Å². The smallest absolute Gasteiger partial charge is 0.201 e. The molecule has 0 amide bonds. The fourth-order valence-electron chi connectivity index (χ4n) is 1.63. The summed E-state index contributed by atoms with van der Waals surface area (Å²) in [6.07, 6.45) is 0. The van der Waals surface area contributed by atoms with Crippen molar-refractivity contribution in [1.29, 1.82) is 0 Å². The molecule has 0 unspecified atom stereocenters. The highest BCUT2D eigenvalue weighted by Gasteiger charge is 2.28. The second kappa shape index (κ2) is 3.42. The summed E-state index contributed by atoms with van der Waals surface area (Å²) in [5.74, 6) is -0.178. The molecular weight excluding hydrogens is 256 g/mol. The van der Waals surface area contributed by atoms with E-state index in [4.69, 9.17) is 0 Å². The summed E-state index contributed by atoms with van der Waals surface area (Å²) in [6, 6.07) is 5.31. The highest BCUT2D eigenvalue weighted by molar-refractivity contribution is 9.12. The molecular formula is C12H9BrO2. The minimum Gasteiger partial charge on any atom is -0.289 e. The van der Waals surface area contributed by atoms with Gasteiger partial charge in [-0.3, -0.25) is 9.59 Å². The molecule has 0 fully saturated rings. The van der Waals surface area contributed by atoms with E-state index in [0.717, 1.165) is 5.56 Å². The number of hydrogen-bond donors (Lipinski definition) is 0. The molecule has 1 aliphatic rings. The molecule has 0 radical (unpaired) electrons. The molecule has 2 rings (SSSR count). The van der Waals surface area contributed by atoms with Gasteiger partial charge in [-0.05, 0) is 35.8 Å². The second-order valence-corrected chi connectivity index (χ2v) is 4.44. The van der Waals surface area contributed by atoms with Crippen molar-refractivity contribution < 1.29 is 9.59 Å². The summed E-state index contributed by atoms with van der Waals surface area (Å²) in [5, 5.41) is 0. The number of benzene rings is 1. The molecule has 0 atom stereocenters. The number of aryl methyl sites for hydroxylation is 1. The van der Waals surface area contributed by atoms with Gasteiger partial charge in [0.2, 0.25) is 5.78 Å². The quantitative estimate of drug-likeness (QED) is 0.722. The number of fused-ring (bicyclic) bond motifs is 1. The topological polar surface area (TPSA) is 34.1 Å². The van der Waals surface area contributed by atoms with Crippen LogP contribution >= 0.6 is 15.9 Å². The van der Waals surface area contributed by atoms with Crippen molar-refractivity contribution in [2.45, 2.75) is 13.8 Å². The normalized spacial score (nSPS) is 15.7. The van der Waals surface area contributed by atoms with Crippen LogP contribution in [-0.2, 0) is 0 Å².